The molecule has 0 aromatic carbocycles. The first-order valence-electron chi connectivity index (χ1n) is 24.1. The van der Waals surface area contributed by atoms with Crippen LogP contribution in [-0.2, 0) is 28.6 Å². The quantitative estimate of drug-likeness (QED) is 0.0261. The van der Waals surface area contributed by atoms with Crippen LogP contribution >= 0.6 is 0 Å². The number of hydrogen-bond donors (Lipinski definition) is 0. The van der Waals surface area contributed by atoms with Crippen molar-refractivity contribution >= 4 is 17.9 Å². The Bertz CT molecular complexity index is 1270. The normalized spacial score (nSPS) is 13.7. The molecule has 0 heterocycles. The lowest BCUT2D eigenvalue weighted by Crippen LogP contribution is -2.55. The molecule has 0 amide bonds. The molecular formula is C53H89NO7. The highest BCUT2D eigenvalue weighted by Gasteiger charge is 2.25. The van der Waals surface area contributed by atoms with Gasteiger partial charge in [0.1, 0.15) is 12.6 Å². The van der Waals surface area contributed by atoms with E-state index in [-0.39, 0.29) is 49.1 Å². The number of likely N-dealkylation sites (N-methyl/N-ethyl adjacent to an activating group) is 1. The first-order valence-corrected chi connectivity index (χ1v) is 24.1. The summed E-state index contributed by atoms with van der Waals surface area (Å²) in [6.07, 6.45) is 56.2. The summed E-state index contributed by atoms with van der Waals surface area (Å²) in [5.41, 5.74) is 0. The molecule has 0 aliphatic carbocycles. The Balaban J connectivity index is 4.39. The molecule has 0 spiro atoms. The largest absolute Gasteiger partial charge is 0.544 e. The first kappa shape index (κ1) is 57.5. The minimum absolute atomic E-state index is 0.0198. The molecule has 8 nitrogen and oxygen atoms in total. The Labute approximate surface area is 373 Å². The fraction of sp³-hybridized carbons (Fsp3) is 0.679. The maximum Gasteiger partial charge on any atom is 0.306 e. The van der Waals surface area contributed by atoms with Crippen LogP contribution in [0.4, 0.5) is 0 Å². The second-order valence-electron chi connectivity index (χ2n) is 17.0. The number of aliphatic carboxylic acids is 1. The van der Waals surface area contributed by atoms with E-state index in [1.54, 1.807) is 21.1 Å². The van der Waals surface area contributed by atoms with Crippen molar-refractivity contribution in [2.24, 2.45) is 0 Å². The molecule has 2 unspecified atom stereocenters. The van der Waals surface area contributed by atoms with E-state index < -0.39 is 18.1 Å². The zero-order chi connectivity index (χ0) is 44.9. The highest BCUT2D eigenvalue weighted by molar-refractivity contribution is 5.70. The van der Waals surface area contributed by atoms with Crippen molar-refractivity contribution in [3.63, 3.8) is 0 Å². The van der Waals surface area contributed by atoms with Crippen LogP contribution in [0.5, 0.6) is 0 Å². The van der Waals surface area contributed by atoms with Gasteiger partial charge >= 0.3 is 11.9 Å². The lowest BCUT2D eigenvalue weighted by Gasteiger charge is -2.34. The van der Waals surface area contributed by atoms with Crippen LogP contribution in [-0.4, -0.2) is 75.5 Å². The summed E-state index contributed by atoms with van der Waals surface area (Å²) in [6, 6.07) is -0.737. The molecule has 348 valence electrons. The number of quaternary nitrogens is 1. The van der Waals surface area contributed by atoms with Crippen LogP contribution in [0.2, 0.25) is 0 Å². The van der Waals surface area contributed by atoms with E-state index in [0.29, 0.717) is 12.8 Å². The van der Waals surface area contributed by atoms with Gasteiger partial charge in [-0.25, -0.2) is 0 Å². The van der Waals surface area contributed by atoms with Crippen molar-refractivity contribution in [1.29, 1.82) is 0 Å². The van der Waals surface area contributed by atoms with E-state index >= 15 is 0 Å². The Morgan fingerprint density at radius 1 is 0.508 bits per heavy atom. The Hall–Kier alpha value is -3.49. The van der Waals surface area contributed by atoms with Gasteiger partial charge in [-0.15, -0.1) is 0 Å². The van der Waals surface area contributed by atoms with Gasteiger partial charge in [0.25, 0.3) is 0 Å². The van der Waals surface area contributed by atoms with Gasteiger partial charge in [-0.3, -0.25) is 9.59 Å². The van der Waals surface area contributed by atoms with Gasteiger partial charge in [0, 0.05) is 19.3 Å². The third-order valence-corrected chi connectivity index (χ3v) is 10.3. The molecule has 0 N–H and O–H groups in total. The van der Waals surface area contributed by atoms with E-state index in [1.165, 1.54) is 70.6 Å². The highest BCUT2D eigenvalue weighted by Crippen LogP contribution is 2.14. The molecule has 0 bridgehead atoms. The number of allylic oxidation sites excluding steroid dienone is 14. The summed E-state index contributed by atoms with van der Waals surface area (Å²) in [4.78, 5) is 36.9. The van der Waals surface area contributed by atoms with Crippen LogP contribution in [0.25, 0.3) is 0 Å². The predicted octanol–water partition coefficient (Wildman–Crippen LogP) is 12.4. The van der Waals surface area contributed by atoms with Crippen molar-refractivity contribution in [3.05, 3.63) is 85.1 Å². The number of carbonyl (C=O) groups excluding carboxylic acids is 3. The van der Waals surface area contributed by atoms with Crippen LogP contribution < -0.4 is 5.11 Å². The number of esters is 2. The van der Waals surface area contributed by atoms with Crippen molar-refractivity contribution in [1.82, 2.24) is 0 Å². The number of carboxylic acids is 1. The van der Waals surface area contributed by atoms with Crippen molar-refractivity contribution < 1.29 is 38.2 Å². The van der Waals surface area contributed by atoms with Gasteiger partial charge in [0.15, 0.2) is 6.10 Å². The molecule has 8 heteroatoms. The first-order chi connectivity index (χ1) is 29.6. The molecule has 0 aliphatic heterocycles. The highest BCUT2D eigenvalue weighted by atomic mass is 16.6. The van der Waals surface area contributed by atoms with Crippen LogP contribution in [0.3, 0.4) is 0 Å². The number of hydrogen-bond acceptors (Lipinski definition) is 7. The van der Waals surface area contributed by atoms with Gasteiger partial charge in [0.2, 0.25) is 0 Å². The van der Waals surface area contributed by atoms with Gasteiger partial charge in [-0.05, 0) is 64.2 Å². The molecule has 0 radical (unpaired) electrons. The summed E-state index contributed by atoms with van der Waals surface area (Å²) in [7, 11) is 5.39. The molecule has 0 fully saturated rings. The number of carbonyl (C=O) groups is 3. The van der Waals surface area contributed by atoms with E-state index in [9.17, 15) is 19.5 Å². The molecule has 0 saturated heterocycles. The molecule has 0 aromatic rings. The fourth-order valence-corrected chi connectivity index (χ4v) is 6.59. The second kappa shape index (κ2) is 43.2. The molecule has 0 aliphatic rings. The van der Waals surface area contributed by atoms with Gasteiger partial charge < -0.3 is 28.6 Å². The fourth-order valence-electron chi connectivity index (χ4n) is 6.59. The topological polar surface area (TPSA) is 102 Å². The number of carboxylic acid groups (broad SMARTS) is 1. The Morgan fingerprint density at radius 2 is 0.918 bits per heavy atom. The van der Waals surface area contributed by atoms with Gasteiger partial charge in [-0.1, -0.05) is 182 Å². The van der Waals surface area contributed by atoms with E-state index in [4.69, 9.17) is 14.2 Å². The van der Waals surface area contributed by atoms with Crippen LogP contribution in [0.1, 0.15) is 181 Å². The summed E-state index contributed by atoms with van der Waals surface area (Å²) < 4.78 is 17.1. The monoisotopic (exact) mass is 852 g/mol. The maximum atomic E-state index is 12.7. The Morgan fingerprint density at radius 3 is 1.34 bits per heavy atom. The average molecular weight is 852 g/mol. The molecule has 0 aromatic heterocycles. The van der Waals surface area contributed by atoms with Crippen molar-refractivity contribution in [2.45, 2.75) is 193 Å². The summed E-state index contributed by atoms with van der Waals surface area (Å²) >= 11 is 0. The van der Waals surface area contributed by atoms with Crippen molar-refractivity contribution in [3.8, 4) is 0 Å². The minimum atomic E-state index is -1.13. The van der Waals surface area contributed by atoms with Crippen LogP contribution in [0, 0.1) is 0 Å². The molecule has 0 rings (SSSR count). The zero-order valence-electron chi connectivity index (χ0n) is 39.5. The third kappa shape index (κ3) is 41.6. The number of rotatable bonds is 42. The number of unbranched alkanes of at least 4 members (excludes halogenated alkanes) is 14. The van der Waals surface area contributed by atoms with E-state index in [2.05, 4.69) is 98.9 Å². The van der Waals surface area contributed by atoms with Crippen LogP contribution in [0.15, 0.2) is 85.1 Å². The van der Waals surface area contributed by atoms with E-state index in [1.807, 2.05) is 0 Å². The SMILES string of the molecule is CC/C=C/C/C=C/C/C=C/C/C=C/C/C=C/C/C=C/C/C=C/CCCC(=O)OCC(COCCC(C(=O)[O-])[N+](C)(C)C)OC(=O)CCCCCCCCCCCCCCCC. The predicted molar refractivity (Wildman–Crippen MR) is 254 cm³/mol. The van der Waals surface area contributed by atoms with Gasteiger partial charge in [-0.2, -0.15) is 0 Å². The third-order valence-electron chi connectivity index (χ3n) is 10.3. The Kier molecular flexibility index (Phi) is 40.7. The maximum absolute atomic E-state index is 12.7. The summed E-state index contributed by atoms with van der Waals surface area (Å²) in [6.45, 7) is 4.48. The average Bonchev–Trinajstić information content (AvgIpc) is 3.22. The number of nitrogens with zero attached hydrogens (tertiary/aromatic N) is 1. The van der Waals surface area contributed by atoms with Crippen molar-refractivity contribution in [2.75, 3.05) is 41.0 Å². The lowest BCUT2D eigenvalue weighted by molar-refractivity contribution is -0.889. The lowest BCUT2D eigenvalue weighted by atomic mass is 10.0. The second-order valence-corrected chi connectivity index (χ2v) is 17.0. The summed E-state index contributed by atoms with van der Waals surface area (Å²) in [5, 5.41) is 11.6. The molecule has 61 heavy (non-hydrogen) atoms. The number of ether oxygens (including phenoxy) is 3. The molecule has 0 saturated carbocycles. The summed E-state index contributed by atoms with van der Waals surface area (Å²) in [5.74, 6) is -1.82. The minimum Gasteiger partial charge on any atom is -0.544 e. The molecule has 2 atom stereocenters. The van der Waals surface area contributed by atoms with E-state index in [0.717, 1.165) is 70.6 Å². The standard InChI is InChI=1S/C53H89NO7/c1-6-8-10-12-14-16-18-20-22-23-24-25-26-27-28-29-30-32-33-35-37-39-41-43-51(55)60-48-49(47-59-46-45-50(53(57)58)54(3,4)5)61-52(56)44-42-40-38-36-34-31-21-19-17-15-13-11-9-7-2/h8,10,14,16,20,22,24-25,27-28,30,32,35,37,49-50H,6-7,9,11-13,15,17-19,21,23,26,29,31,33-34,36,38-48H2,1-5H3/b10-8+,16-14+,22-20+,25-24+,28-27+,32-30+,37-35+. The smallest absolute Gasteiger partial charge is 0.306 e. The van der Waals surface area contributed by atoms with Gasteiger partial charge in [0.05, 0.1) is 40.3 Å². The zero-order valence-corrected chi connectivity index (χ0v) is 39.5. The molecular weight excluding hydrogens is 763 g/mol.